The van der Waals surface area contributed by atoms with Gasteiger partial charge in [-0.1, -0.05) is 12.2 Å². The van der Waals surface area contributed by atoms with E-state index in [-0.39, 0.29) is 4.99 Å². The quantitative estimate of drug-likeness (QED) is 0.731. The molecule has 1 aliphatic rings. The minimum Gasteiger partial charge on any atom is -0.388 e. The maximum atomic E-state index is 11.3. The van der Waals surface area contributed by atoms with E-state index in [1.807, 2.05) is 4.90 Å². The van der Waals surface area contributed by atoms with Crippen LogP contribution in [0, 0.1) is 0 Å². The summed E-state index contributed by atoms with van der Waals surface area (Å²) in [5, 5.41) is 0. The van der Waals surface area contributed by atoms with E-state index in [2.05, 4.69) is 9.97 Å². The Balaban J connectivity index is 2.26. The predicted molar refractivity (Wildman–Crippen MR) is 68.0 cm³/mol. The molecule has 0 unspecified atom stereocenters. The molecule has 2 N–H and O–H groups in total. The normalized spacial score (nSPS) is 17.4. The predicted octanol–water partition coefficient (Wildman–Crippen LogP) is -0.321. The highest BCUT2D eigenvalue weighted by atomic mass is 32.2. The number of hydrogen-bond donors (Lipinski definition) is 1. The van der Waals surface area contributed by atoms with Crippen LogP contribution < -0.4 is 10.6 Å². The van der Waals surface area contributed by atoms with Gasteiger partial charge in [-0.3, -0.25) is 4.21 Å². The van der Waals surface area contributed by atoms with E-state index in [1.165, 1.54) is 0 Å². The van der Waals surface area contributed by atoms with Gasteiger partial charge in [0.05, 0.1) is 0 Å². The molecule has 0 spiro atoms. The zero-order valence-electron chi connectivity index (χ0n) is 8.63. The van der Waals surface area contributed by atoms with Crippen molar-refractivity contribution < 1.29 is 4.21 Å². The van der Waals surface area contributed by atoms with Gasteiger partial charge in [0.25, 0.3) is 0 Å². The molecule has 1 aliphatic heterocycles. The molecule has 0 amide bonds. The number of aromatic nitrogens is 2. The average Bonchev–Trinajstić information content (AvgIpc) is 2.30. The lowest BCUT2D eigenvalue weighted by Gasteiger charge is -2.28. The topological polar surface area (TPSA) is 72.1 Å². The Labute approximate surface area is 102 Å². The molecule has 2 heterocycles. The lowest BCUT2D eigenvalue weighted by molar-refractivity contribution is 0.672. The Bertz CT molecular complexity index is 427. The summed E-state index contributed by atoms with van der Waals surface area (Å²) in [4.78, 5) is 10.6. The van der Waals surface area contributed by atoms with Gasteiger partial charge in [0.2, 0.25) is 0 Å². The third-order valence-electron chi connectivity index (χ3n) is 2.39. The molecule has 0 saturated carbocycles. The monoisotopic (exact) mass is 256 g/mol. The molecule has 7 heteroatoms. The van der Waals surface area contributed by atoms with Crippen LogP contribution >= 0.6 is 12.2 Å². The van der Waals surface area contributed by atoms with Crippen LogP contribution in [0.2, 0.25) is 0 Å². The molecule has 0 aromatic carbocycles. The Morgan fingerprint density at radius 1 is 1.38 bits per heavy atom. The van der Waals surface area contributed by atoms with Gasteiger partial charge in [-0.25, -0.2) is 9.97 Å². The molecule has 1 saturated heterocycles. The molecule has 0 radical (unpaired) electrons. The molecule has 1 fully saturated rings. The average molecular weight is 256 g/mol. The van der Waals surface area contributed by atoms with Gasteiger partial charge < -0.3 is 10.6 Å². The van der Waals surface area contributed by atoms with Gasteiger partial charge in [-0.05, 0) is 0 Å². The minimum absolute atomic E-state index is 0.245. The van der Waals surface area contributed by atoms with Crippen molar-refractivity contribution >= 4 is 33.8 Å². The van der Waals surface area contributed by atoms with Crippen molar-refractivity contribution in [2.45, 2.75) is 0 Å². The molecule has 1 aromatic rings. The van der Waals surface area contributed by atoms with Crippen molar-refractivity contribution in [2.75, 3.05) is 29.5 Å². The van der Waals surface area contributed by atoms with Gasteiger partial charge in [-0.2, -0.15) is 0 Å². The summed E-state index contributed by atoms with van der Waals surface area (Å²) in [6.45, 7) is 1.42. The fourth-order valence-electron chi connectivity index (χ4n) is 1.59. The zero-order valence-corrected chi connectivity index (χ0v) is 10.3. The summed E-state index contributed by atoms with van der Waals surface area (Å²) in [6, 6.07) is 0. The summed E-state index contributed by atoms with van der Waals surface area (Å²) < 4.78 is 11.3. The van der Waals surface area contributed by atoms with Crippen LogP contribution in [0.5, 0.6) is 0 Å². The van der Waals surface area contributed by atoms with Gasteiger partial charge in [-0.15, -0.1) is 0 Å². The van der Waals surface area contributed by atoms with E-state index in [0.29, 0.717) is 36.1 Å². The SMILES string of the molecule is NC(=S)c1nccnc1N1CCS(=O)CC1. The second-order valence-corrected chi connectivity index (χ2v) is 5.56. The van der Waals surface area contributed by atoms with Crippen LogP contribution in [0.15, 0.2) is 12.4 Å². The number of anilines is 1. The first-order valence-electron chi connectivity index (χ1n) is 4.89. The Morgan fingerprint density at radius 3 is 2.62 bits per heavy atom. The summed E-state index contributed by atoms with van der Waals surface area (Å²) >= 11 is 4.93. The largest absolute Gasteiger partial charge is 0.388 e. The fraction of sp³-hybridized carbons (Fsp3) is 0.444. The van der Waals surface area contributed by atoms with Crippen LogP contribution in [0.25, 0.3) is 0 Å². The van der Waals surface area contributed by atoms with Crippen LogP contribution in [0.1, 0.15) is 5.69 Å². The number of rotatable bonds is 2. The van der Waals surface area contributed by atoms with Crippen LogP contribution in [0.4, 0.5) is 5.82 Å². The van der Waals surface area contributed by atoms with Crippen LogP contribution in [-0.4, -0.2) is 43.8 Å². The van der Waals surface area contributed by atoms with E-state index >= 15 is 0 Å². The summed E-state index contributed by atoms with van der Waals surface area (Å²) in [6.07, 6.45) is 3.18. The van der Waals surface area contributed by atoms with Crippen molar-refractivity contribution in [3.05, 3.63) is 18.1 Å². The van der Waals surface area contributed by atoms with E-state index in [9.17, 15) is 4.21 Å². The van der Waals surface area contributed by atoms with Gasteiger partial charge in [0, 0.05) is 47.8 Å². The zero-order chi connectivity index (χ0) is 11.5. The maximum absolute atomic E-state index is 11.3. The van der Waals surface area contributed by atoms with Crippen molar-refractivity contribution in [1.82, 2.24) is 9.97 Å². The number of nitrogens with two attached hydrogens (primary N) is 1. The first-order valence-corrected chi connectivity index (χ1v) is 6.79. The first-order chi connectivity index (χ1) is 7.68. The van der Waals surface area contributed by atoms with Gasteiger partial charge >= 0.3 is 0 Å². The van der Waals surface area contributed by atoms with E-state index in [0.717, 1.165) is 0 Å². The van der Waals surface area contributed by atoms with E-state index < -0.39 is 10.8 Å². The van der Waals surface area contributed by atoms with Crippen LogP contribution in [-0.2, 0) is 10.8 Å². The second-order valence-electron chi connectivity index (χ2n) is 3.43. The Hall–Kier alpha value is -1.08. The number of nitrogens with zero attached hydrogens (tertiary/aromatic N) is 3. The minimum atomic E-state index is -0.706. The molecular formula is C9H12N4OS2. The molecule has 1 aromatic heterocycles. The highest BCUT2D eigenvalue weighted by Crippen LogP contribution is 2.16. The van der Waals surface area contributed by atoms with Gasteiger partial charge in [0.15, 0.2) is 5.82 Å². The molecule has 2 rings (SSSR count). The molecule has 0 aliphatic carbocycles. The maximum Gasteiger partial charge on any atom is 0.157 e. The summed E-state index contributed by atoms with van der Waals surface area (Å²) in [7, 11) is -0.706. The lowest BCUT2D eigenvalue weighted by atomic mass is 10.3. The standard InChI is InChI=1S/C9H12N4OS2/c10-8(15)7-9(12-2-1-11-7)13-3-5-16(14)6-4-13/h1-2H,3-6H2,(H2,10,15). The molecule has 0 bridgehead atoms. The summed E-state index contributed by atoms with van der Waals surface area (Å²) in [5.41, 5.74) is 6.14. The van der Waals surface area contributed by atoms with Crippen molar-refractivity contribution in [3.63, 3.8) is 0 Å². The number of thiocarbonyl (C=S) groups is 1. The van der Waals surface area contributed by atoms with Crippen molar-refractivity contribution in [2.24, 2.45) is 5.73 Å². The highest BCUT2D eigenvalue weighted by Gasteiger charge is 2.20. The molecule has 0 atom stereocenters. The fourth-order valence-corrected chi connectivity index (χ4v) is 2.78. The van der Waals surface area contributed by atoms with E-state index in [4.69, 9.17) is 18.0 Å². The smallest absolute Gasteiger partial charge is 0.157 e. The molecule has 16 heavy (non-hydrogen) atoms. The Morgan fingerprint density at radius 2 is 2.00 bits per heavy atom. The first kappa shape index (κ1) is 11.4. The van der Waals surface area contributed by atoms with Crippen molar-refractivity contribution in [1.29, 1.82) is 0 Å². The third-order valence-corrected chi connectivity index (χ3v) is 3.86. The molecule has 5 nitrogen and oxygen atoms in total. The van der Waals surface area contributed by atoms with Gasteiger partial charge in [0.1, 0.15) is 10.7 Å². The van der Waals surface area contributed by atoms with E-state index in [1.54, 1.807) is 12.4 Å². The van der Waals surface area contributed by atoms with Crippen LogP contribution in [0.3, 0.4) is 0 Å². The highest BCUT2D eigenvalue weighted by molar-refractivity contribution is 7.85. The summed E-state index contributed by atoms with van der Waals surface area (Å²) in [5.74, 6) is 2.02. The Kier molecular flexibility index (Phi) is 3.45. The lowest BCUT2D eigenvalue weighted by Crippen LogP contribution is -2.39. The second kappa shape index (κ2) is 4.84. The molecule has 86 valence electrons. The van der Waals surface area contributed by atoms with Crippen molar-refractivity contribution in [3.8, 4) is 0 Å². The molecular weight excluding hydrogens is 244 g/mol. The third kappa shape index (κ3) is 2.35. The number of hydrogen-bond acceptors (Lipinski definition) is 5.